The molecule has 124 valence electrons. The van der Waals surface area contributed by atoms with E-state index in [0.29, 0.717) is 6.67 Å². The Labute approximate surface area is 142 Å². The van der Waals surface area contributed by atoms with Crippen LogP contribution in [-0.4, -0.2) is 36.5 Å². The van der Waals surface area contributed by atoms with Crippen molar-refractivity contribution in [3.8, 4) is 0 Å². The summed E-state index contributed by atoms with van der Waals surface area (Å²) in [5.41, 5.74) is 2.65. The van der Waals surface area contributed by atoms with E-state index in [1.807, 2.05) is 18.2 Å². The van der Waals surface area contributed by atoms with Crippen molar-refractivity contribution in [1.29, 1.82) is 0 Å². The molecule has 4 nitrogen and oxygen atoms in total. The van der Waals surface area contributed by atoms with Crippen LogP contribution in [0.15, 0.2) is 48.6 Å². The fraction of sp³-hybridized carbons (Fsp3) is 0.400. The van der Waals surface area contributed by atoms with Crippen molar-refractivity contribution in [2.45, 2.75) is 19.3 Å². The monoisotopic (exact) mass is 323 g/mol. The quantitative estimate of drug-likeness (QED) is 0.672. The van der Waals surface area contributed by atoms with Crippen LogP contribution < -0.4 is 4.90 Å². The lowest BCUT2D eigenvalue weighted by Gasteiger charge is -2.27. The highest BCUT2D eigenvalue weighted by molar-refractivity contribution is 6.05. The Hall–Kier alpha value is -2.20. The molecule has 3 atom stereocenters. The average molecular weight is 323 g/mol. The normalized spacial score (nSPS) is 29.6. The summed E-state index contributed by atoms with van der Waals surface area (Å²) in [5, 5.41) is 0. The number of nitrogens with one attached hydrogen (secondary N) is 1. The number of fused-ring (bicyclic) bond motifs is 1. The Morgan fingerprint density at radius 2 is 1.67 bits per heavy atom. The largest absolute Gasteiger partial charge is 0.314 e. The molecule has 1 aliphatic carbocycles. The highest BCUT2D eigenvalue weighted by Gasteiger charge is 2.48. The van der Waals surface area contributed by atoms with Gasteiger partial charge in [-0.2, -0.15) is 0 Å². The lowest BCUT2D eigenvalue weighted by molar-refractivity contribution is -0.902. The number of rotatable bonds is 3. The first-order valence-electron chi connectivity index (χ1n) is 8.82. The molecule has 3 aliphatic rings. The molecule has 1 aromatic rings. The SMILES string of the molecule is O=C1[C@H]2CC=CC[C@@H]2C(=O)N1C[NH+]1CC=C(c2ccccc2)CC1. The van der Waals surface area contributed by atoms with Crippen LogP contribution in [0.1, 0.15) is 24.8 Å². The lowest BCUT2D eigenvalue weighted by atomic mass is 9.85. The van der Waals surface area contributed by atoms with Crippen LogP contribution in [0.5, 0.6) is 0 Å². The molecule has 1 N–H and O–H groups in total. The number of likely N-dealkylation sites (tertiary alicyclic amines) is 1. The fourth-order valence-electron chi connectivity index (χ4n) is 4.09. The standard InChI is InChI=1S/C20H22N2O2/c23-19-17-8-4-5-9-18(17)20(24)22(19)14-21-12-10-16(11-13-21)15-6-2-1-3-7-15/h1-7,10,17-18H,8-9,11-14H2/p+1/t17-,18-/m0/s1. The second-order valence-corrected chi connectivity index (χ2v) is 6.97. The predicted molar refractivity (Wildman–Crippen MR) is 91.8 cm³/mol. The van der Waals surface area contributed by atoms with E-state index in [9.17, 15) is 9.59 Å². The van der Waals surface area contributed by atoms with E-state index in [0.717, 1.165) is 32.4 Å². The smallest absolute Gasteiger partial charge is 0.237 e. The number of nitrogens with zero attached hydrogens (tertiary/aromatic N) is 1. The van der Waals surface area contributed by atoms with Crippen LogP contribution in [0.3, 0.4) is 0 Å². The topological polar surface area (TPSA) is 41.8 Å². The summed E-state index contributed by atoms with van der Waals surface area (Å²) in [6.07, 6.45) is 8.77. The highest BCUT2D eigenvalue weighted by Crippen LogP contribution is 2.34. The maximum absolute atomic E-state index is 12.6. The van der Waals surface area contributed by atoms with Gasteiger partial charge in [0, 0.05) is 6.42 Å². The molecule has 0 spiro atoms. The Balaban J connectivity index is 1.41. The van der Waals surface area contributed by atoms with E-state index >= 15 is 0 Å². The fourth-order valence-corrected chi connectivity index (χ4v) is 4.09. The first-order chi connectivity index (χ1) is 11.7. The minimum absolute atomic E-state index is 0.0414. The summed E-state index contributed by atoms with van der Waals surface area (Å²) in [7, 11) is 0. The maximum atomic E-state index is 12.6. The third-order valence-electron chi connectivity index (χ3n) is 5.51. The first-order valence-corrected chi connectivity index (χ1v) is 8.82. The van der Waals surface area contributed by atoms with Crippen molar-refractivity contribution < 1.29 is 14.5 Å². The molecular weight excluding hydrogens is 300 g/mol. The number of amides is 2. The molecular formula is C20H23N2O2+. The van der Waals surface area contributed by atoms with Gasteiger partial charge in [0.05, 0.1) is 24.9 Å². The number of carbonyl (C=O) groups excluding carboxylic acids is 2. The first kappa shape index (κ1) is 15.3. The second kappa shape index (κ2) is 6.36. The number of hydrogen-bond donors (Lipinski definition) is 1. The van der Waals surface area contributed by atoms with Gasteiger partial charge in [0.2, 0.25) is 11.8 Å². The minimum Gasteiger partial charge on any atom is -0.314 e. The number of benzene rings is 1. The molecule has 2 amide bonds. The summed E-state index contributed by atoms with van der Waals surface area (Å²) in [4.78, 5) is 27.9. The number of hydrogen-bond acceptors (Lipinski definition) is 2. The van der Waals surface area contributed by atoms with Gasteiger partial charge in [-0.05, 0) is 30.1 Å². The lowest BCUT2D eigenvalue weighted by Crippen LogP contribution is -3.14. The van der Waals surface area contributed by atoms with Crippen LogP contribution in [0.25, 0.3) is 5.57 Å². The van der Waals surface area contributed by atoms with Crippen LogP contribution in [0, 0.1) is 11.8 Å². The maximum Gasteiger partial charge on any atom is 0.237 e. The summed E-state index contributed by atoms with van der Waals surface area (Å²) in [5.74, 6) is -0.136. The Bertz CT molecular complexity index is 682. The van der Waals surface area contributed by atoms with Gasteiger partial charge in [-0.15, -0.1) is 0 Å². The van der Waals surface area contributed by atoms with Gasteiger partial charge in [0.25, 0.3) is 0 Å². The number of allylic oxidation sites excluding steroid dienone is 2. The van der Waals surface area contributed by atoms with Gasteiger partial charge < -0.3 is 4.90 Å². The third kappa shape index (κ3) is 2.71. The molecule has 0 bridgehead atoms. The molecule has 2 heterocycles. The van der Waals surface area contributed by atoms with E-state index in [2.05, 4.69) is 30.3 Å². The third-order valence-corrected chi connectivity index (χ3v) is 5.51. The van der Waals surface area contributed by atoms with Crippen molar-refractivity contribution >= 4 is 17.4 Å². The van der Waals surface area contributed by atoms with E-state index in [1.54, 1.807) is 0 Å². The van der Waals surface area contributed by atoms with E-state index in [4.69, 9.17) is 0 Å². The molecule has 0 aromatic heterocycles. The van der Waals surface area contributed by atoms with Crippen molar-refractivity contribution in [3.63, 3.8) is 0 Å². The molecule has 4 rings (SSSR count). The molecule has 1 aromatic carbocycles. The van der Waals surface area contributed by atoms with Crippen LogP contribution in [0.4, 0.5) is 0 Å². The molecule has 1 unspecified atom stereocenters. The Morgan fingerprint density at radius 1 is 1.00 bits per heavy atom. The van der Waals surface area contributed by atoms with Crippen molar-refractivity contribution in [2.24, 2.45) is 11.8 Å². The summed E-state index contributed by atoms with van der Waals surface area (Å²) < 4.78 is 0. The van der Waals surface area contributed by atoms with Gasteiger partial charge in [0.1, 0.15) is 0 Å². The summed E-state index contributed by atoms with van der Waals surface area (Å²) in [6.45, 7) is 2.35. The second-order valence-electron chi connectivity index (χ2n) is 6.97. The summed E-state index contributed by atoms with van der Waals surface area (Å²) in [6, 6.07) is 10.4. The molecule has 4 heteroatoms. The van der Waals surface area contributed by atoms with E-state index in [-0.39, 0.29) is 23.7 Å². The Kier molecular flexibility index (Phi) is 4.07. The average Bonchev–Trinajstić information content (AvgIpc) is 2.88. The zero-order valence-corrected chi connectivity index (χ0v) is 13.8. The highest BCUT2D eigenvalue weighted by atomic mass is 16.2. The molecule has 24 heavy (non-hydrogen) atoms. The van der Waals surface area contributed by atoms with Crippen LogP contribution in [-0.2, 0) is 9.59 Å². The molecule has 0 radical (unpaired) electrons. The molecule has 1 fully saturated rings. The van der Waals surface area contributed by atoms with Gasteiger partial charge >= 0.3 is 0 Å². The summed E-state index contributed by atoms with van der Waals surface area (Å²) >= 11 is 0. The predicted octanol–water partition coefficient (Wildman–Crippen LogP) is 1.27. The zero-order valence-electron chi connectivity index (χ0n) is 13.8. The van der Waals surface area contributed by atoms with Crippen molar-refractivity contribution in [2.75, 3.05) is 19.8 Å². The van der Waals surface area contributed by atoms with Gasteiger partial charge in [-0.1, -0.05) is 42.5 Å². The molecule has 0 saturated carbocycles. The van der Waals surface area contributed by atoms with Gasteiger partial charge in [-0.25, -0.2) is 4.90 Å². The Morgan fingerprint density at radius 3 is 2.25 bits per heavy atom. The number of imide groups is 1. The number of carbonyl (C=O) groups is 2. The van der Waals surface area contributed by atoms with Crippen LogP contribution >= 0.6 is 0 Å². The van der Waals surface area contributed by atoms with Gasteiger partial charge in [0.15, 0.2) is 6.67 Å². The molecule has 2 aliphatic heterocycles. The molecule has 1 saturated heterocycles. The zero-order chi connectivity index (χ0) is 16.5. The number of quaternary nitrogens is 1. The van der Waals surface area contributed by atoms with E-state index < -0.39 is 0 Å². The van der Waals surface area contributed by atoms with Crippen LogP contribution in [0.2, 0.25) is 0 Å². The minimum atomic E-state index is -0.109. The van der Waals surface area contributed by atoms with Gasteiger partial charge in [-0.3, -0.25) is 9.59 Å². The van der Waals surface area contributed by atoms with E-state index in [1.165, 1.54) is 20.9 Å². The van der Waals surface area contributed by atoms with Crippen molar-refractivity contribution in [3.05, 3.63) is 54.1 Å². The van der Waals surface area contributed by atoms with Crippen molar-refractivity contribution in [1.82, 2.24) is 4.90 Å².